The zero-order valence-electron chi connectivity index (χ0n) is 10.8. The van der Waals surface area contributed by atoms with Crippen LogP contribution in [-0.4, -0.2) is 19.4 Å². The summed E-state index contributed by atoms with van der Waals surface area (Å²) in [4.78, 5) is 13.8. The van der Waals surface area contributed by atoms with Crippen molar-refractivity contribution in [2.45, 2.75) is 32.6 Å². The molecule has 92 valence electrons. The normalized spacial score (nSPS) is 24.7. The first-order valence-corrected chi connectivity index (χ1v) is 6.37. The number of hydrogen-bond donors (Lipinski definition) is 0. The van der Waals surface area contributed by atoms with E-state index in [0.717, 1.165) is 32.2 Å². The molecule has 1 saturated carbocycles. The second kappa shape index (κ2) is 4.91. The van der Waals surface area contributed by atoms with Gasteiger partial charge in [-0.2, -0.15) is 0 Å². The number of Topliss-reactive ketones (excluding diaryl/α,β-unsaturated/α-hetero) is 1. The van der Waals surface area contributed by atoms with E-state index in [9.17, 15) is 4.79 Å². The third-order valence-corrected chi connectivity index (χ3v) is 3.68. The molecule has 0 aliphatic heterocycles. The molecule has 0 bridgehead atoms. The molecule has 1 aromatic carbocycles. The van der Waals surface area contributed by atoms with Gasteiger partial charge >= 0.3 is 0 Å². The van der Waals surface area contributed by atoms with Crippen LogP contribution in [0.4, 0.5) is 5.69 Å². The minimum atomic E-state index is 0.153. The topological polar surface area (TPSA) is 20.3 Å². The average Bonchev–Trinajstić information content (AvgIpc) is 2.29. The third-order valence-electron chi connectivity index (χ3n) is 3.68. The molecule has 1 aliphatic rings. The van der Waals surface area contributed by atoms with Gasteiger partial charge in [0.25, 0.3) is 0 Å². The Morgan fingerprint density at radius 1 is 1.29 bits per heavy atom. The maximum atomic E-state index is 11.6. The predicted molar refractivity (Wildman–Crippen MR) is 71.3 cm³/mol. The van der Waals surface area contributed by atoms with Crippen molar-refractivity contribution in [3.05, 3.63) is 30.3 Å². The lowest BCUT2D eigenvalue weighted by atomic mass is 9.75. The molecular formula is C15H21NO. The van der Waals surface area contributed by atoms with Gasteiger partial charge in [-0.05, 0) is 30.4 Å². The zero-order chi connectivity index (χ0) is 12.3. The Morgan fingerprint density at radius 3 is 2.65 bits per heavy atom. The number of hydrogen-bond acceptors (Lipinski definition) is 2. The van der Waals surface area contributed by atoms with E-state index in [1.54, 1.807) is 0 Å². The fourth-order valence-electron chi connectivity index (χ4n) is 2.85. The molecule has 0 spiro atoms. The number of carbonyl (C=O) groups is 1. The van der Waals surface area contributed by atoms with Gasteiger partial charge < -0.3 is 4.90 Å². The molecule has 0 N–H and O–H groups in total. The fraction of sp³-hybridized carbons (Fsp3) is 0.533. The molecule has 2 heteroatoms. The predicted octanol–water partition coefficient (Wildman–Crippen LogP) is 3.27. The molecule has 0 amide bonds. The van der Waals surface area contributed by atoms with Gasteiger partial charge in [-0.3, -0.25) is 4.79 Å². The first-order valence-electron chi connectivity index (χ1n) is 6.37. The van der Waals surface area contributed by atoms with Gasteiger partial charge in [-0.15, -0.1) is 0 Å². The van der Waals surface area contributed by atoms with Gasteiger partial charge in [-0.1, -0.05) is 25.1 Å². The van der Waals surface area contributed by atoms with E-state index >= 15 is 0 Å². The van der Waals surface area contributed by atoms with Crippen molar-refractivity contribution < 1.29 is 4.79 Å². The van der Waals surface area contributed by atoms with Crippen LogP contribution >= 0.6 is 0 Å². The van der Waals surface area contributed by atoms with Crippen molar-refractivity contribution in [3.8, 4) is 0 Å². The molecule has 17 heavy (non-hydrogen) atoms. The Hall–Kier alpha value is -1.31. The smallest absolute Gasteiger partial charge is 0.133 e. The van der Waals surface area contributed by atoms with Crippen molar-refractivity contribution in [2.75, 3.05) is 18.5 Å². The Labute approximate surface area is 104 Å². The van der Waals surface area contributed by atoms with Crippen LogP contribution in [0.2, 0.25) is 0 Å². The molecule has 1 atom stereocenters. The highest BCUT2D eigenvalue weighted by Crippen LogP contribution is 2.35. The minimum Gasteiger partial charge on any atom is -0.374 e. The highest BCUT2D eigenvalue weighted by Gasteiger charge is 2.32. The maximum Gasteiger partial charge on any atom is 0.133 e. The summed E-state index contributed by atoms with van der Waals surface area (Å²) in [6, 6.07) is 10.4. The Balaban J connectivity index is 2.03. The molecule has 2 nitrogen and oxygen atoms in total. The van der Waals surface area contributed by atoms with E-state index in [2.05, 4.69) is 43.1 Å². The molecule has 1 fully saturated rings. The van der Waals surface area contributed by atoms with Crippen molar-refractivity contribution in [2.24, 2.45) is 5.41 Å². The van der Waals surface area contributed by atoms with Crippen molar-refractivity contribution in [3.63, 3.8) is 0 Å². The standard InChI is InChI=1S/C15H21NO/c1-15(10-6-9-14(17)11-15)12-16(2)13-7-4-3-5-8-13/h3-5,7-8H,6,9-12H2,1-2H3/t15-/m0/s1. The van der Waals surface area contributed by atoms with Crippen molar-refractivity contribution in [1.29, 1.82) is 0 Å². The lowest BCUT2D eigenvalue weighted by molar-refractivity contribution is -0.123. The van der Waals surface area contributed by atoms with E-state index in [4.69, 9.17) is 0 Å². The number of ketones is 1. The van der Waals surface area contributed by atoms with Gasteiger partial charge in [0.1, 0.15) is 5.78 Å². The lowest BCUT2D eigenvalue weighted by Gasteiger charge is -2.37. The van der Waals surface area contributed by atoms with Crippen LogP contribution in [-0.2, 0) is 4.79 Å². The molecular weight excluding hydrogens is 210 g/mol. The van der Waals surface area contributed by atoms with E-state index in [0.29, 0.717) is 5.78 Å². The highest BCUT2D eigenvalue weighted by atomic mass is 16.1. The van der Waals surface area contributed by atoms with Crippen LogP contribution in [0.5, 0.6) is 0 Å². The molecule has 0 radical (unpaired) electrons. The number of anilines is 1. The Kier molecular flexibility index (Phi) is 3.51. The summed E-state index contributed by atoms with van der Waals surface area (Å²) < 4.78 is 0. The zero-order valence-corrected chi connectivity index (χ0v) is 10.8. The lowest BCUT2D eigenvalue weighted by Crippen LogP contribution is -2.37. The fourth-order valence-corrected chi connectivity index (χ4v) is 2.85. The molecule has 0 heterocycles. The first kappa shape index (κ1) is 12.2. The number of carbonyl (C=O) groups excluding carboxylic acids is 1. The van der Waals surface area contributed by atoms with Gasteiger partial charge in [0.2, 0.25) is 0 Å². The molecule has 0 aromatic heterocycles. The van der Waals surface area contributed by atoms with Crippen LogP contribution in [0, 0.1) is 5.41 Å². The SMILES string of the molecule is CN(C[C@@]1(C)CCCC(=O)C1)c1ccccc1. The second-order valence-electron chi connectivity index (χ2n) is 5.57. The van der Waals surface area contributed by atoms with Crippen molar-refractivity contribution >= 4 is 11.5 Å². The first-order chi connectivity index (χ1) is 8.09. The van der Waals surface area contributed by atoms with E-state index < -0.39 is 0 Å². The van der Waals surface area contributed by atoms with E-state index in [1.807, 2.05) is 6.07 Å². The molecule has 0 saturated heterocycles. The van der Waals surface area contributed by atoms with E-state index in [-0.39, 0.29) is 5.41 Å². The molecule has 1 aliphatic carbocycles. The highest BCUT2D eigenvalue weighted by molar-refractivity contribution is 5.79. The number of nitrogens with zero attached hydrogens (tertiary/aromatic N) is 1. The summed E-state index contributed by atoms with van der Waals surface area (Å²) in [6.45, 7) is 3.20. The Morgan fingerprint density at radius 2 is 2.00 bits per heavy atom. The minimum absolute atomic E-state index is 0.153. The quantitative estimate of drug-likeness (QED) is 0.795. The summed E-state index contributed by atoms with van der Waals surface area (Å²) >= 11 is 0. The summed E-state index contributed by atoms with van der Waals surface area (Å²) in [7, 11) is 2.11. The summed E-state index contributed by atoms with van der Waals surface area (Å²) in [5, 5.41) is 0. The summed E-state index contributed by atoms with van der Waals surface area (Å²) in [6.07, 6.45) is 3.74. The van der Waals surface area contributed by atoms with E-state index in [1.165, 1.54) is 5.69 Å². The van der Waals surface area contributed by atoms with Gasteiger partial charge in [0.15, 0.2) is 0 Å². The number of rotatable bonds is 3. The van der Waals surface area contributed by atoms with Crippen LogP contribution in [0.3, 0.4) is 0 Å². The molecule has 2 rings (SSSR count). The molecule has 1 aromatic rings. The van der Waals surface area contributed by atoms with Gasteiger partial charge in [0.05, 0.1) is 0 Å². The van der Waals surface area contributed by atoms with Gasteiger partial charge in [-0.25, -0.2) is 0 Å². The van der Waals surface area contributed by atoms with Crippen LogP contribution < -0.4 is 4.90 Å². The summed E-state index contributed by atoms with van der Waals surface area (Å²) in [5.41, 5.74) is 1.38. The number of para-hydroxylation sites is 1. The maximum absolute atomic E-state index is 11.6. The third kappa shape index (κ3) is 3.09. The van der Waals surface area contributed by atoms with Crippen LogP contribution in [0.1, 0.15) is 32.6 Å². The monoisotopic (exact) mass is 231 g/mol. The van der Waals surface area contributed by atoms with Crippen molar-refractivity contribution in [1.82, 2.24) is 0 Å². The summed E-state index contributed by atoms with van der Waals surface area (Å²) in [5.74, 6) is 0.431. The van der Waals surface area contributed by atoms with Gasteiger partial charge in [0, 0.05) is 32.1 Å². The molecule has 0 unspecified atom stereocenters. The number of benzene rings is 1. The second-order valence-corrected chi connectivity index (χ2v) is 5.57. The van der Waals surface area contributed by atoms with Crippen LogP contribution in [0.15, 0.2) is 30.3 Å². The Bertz CT molecular complexity index is 387. The van der Waals surface area contributed by atoms with Crippen LogP contribution in [0.25, 0.3) is 0 Å². The average molecular weight is 231 g/mol. The largest absolute Gasteiger partial charge is 0.374 e.